The third kappa shape index (κ3) is 4.62. The zero-order valence-corrected chi connectivity index (χ0v) is 15.1. The summed E-state index contributed by atoms with van der Waals surface area (Å²) in [6, 6.07) is 14.8. The Morgan fingerprint density at radius 1 is 1.11 bits per heavy atom. The van der Waals surface area contributed by atoms with Gasteiger partial charge in [-0.05, 0) is 23.3 Å². The second-order valence-corrected chi connectivity index (χ2v) is 5.98. The number of halogens is 2. The predicted molar refractivity (Wildman–Crippen MR) is 98.0 cm³/mol. The van der Waals surface area contributed by atoms with Crippen LogP contribution in [0.2, 0.25) is 0 Å². The molecule has 0 aliphatic heterocycles. The highest BCUT2D eigenvalue weighted by Crippen LogP contribution is 2.30. The molecule has 3 aromatic rings. The molecular formula is C20H21F2N3O2. The highest BCUT2D eigenvalue weighted by molar-refractivity contribution is 5.43. The van der Waals surface area contributed by atoms with E-state index < -0.39 is 6.61 Å². The molecule has 0 radical (unpaired) electrons. The minimum absolute atomic E-state index is 0.0139. The number of aryl methyl sites for hydroxylation is 1. The van der Waals surface area contributed by atoms with E-state index in [2.05, 4.69) is 15.0 Å². The van der Waals surface area contributed by atoms with Crippen LogP contribution in [0, 0.1) is 0 Å². The van der Waals surface area contributed by atoms with Crippen LogP contribution in [0.5, 0.6) is 11.5 Å². The Bertz CT molecular complexity index is 869. The second kappa shape index (κ2) is 8.64. The number of alkyl halides is 2. The predicted octanol–water partition coefficient (Wildman–Crippen LogP) is 3.91. The number of hydrogen-bond donors (Lipinski definition) is 1. The van der Waals surface area contributed by atoms with Crippen molar-refractivity contribution in [3.8, 4) is 11.5 Å². The molecule has 3 rings (SSSR count). The first-order valence-corrected chi connectivity index (χ1v) is 8.45. The molecular weight excluding hydrogens is 352 g/mol. The molecule has 5 nitrogen and oxygen atoms in total. The molecule has 27 heavy (non-hydrogen) atoms. The van der Waals surface area contributed by atoms with Crippen LogP contribution in [0.15, 0.2) is 60.9 Å². The van der Waals surface area contributed by atoms with Gasteiger partial charge in [-0.25, -0.2) is 4.98 Å². The van der Waals surface area contributed by atoms with Crippen LogP contribution in [0.4, 0.5) is 8.78 Å². The number of hydrogen-bond acceptors (Lipinski definition) is 4. The number of methoxy groups -OCH3 is 1. The fourth-order valence-corrected chi connectivity index (χ4v) is 2.90. The Morgan fingerprint density at radius 2 is 1.89 bits per heavy atom. The standard InChI is InChI=1S/C20H21F2N3O2/c1-25-11-10-23-19(25)18(15-6-4-3-5-7-15)24-13-14-8-9-16(26-2)17(12-14)27-20(21)22/h3-12,18,20,24H,13H2,1-2H3/t18-/m0/s1. The maximum Gasteiger partial charge on any atom is 0.387 e. The zero-order chi connectivity index (χ0) is 19.2. The molecule has 2 aromatic carbocycles. The monoisotopic (exact) mass is 373 g/mol. The van der Waals surface area contributed by atoms with Crippen molar-refractivity contribution in [3.63, 3.8) is 0 Å². The van der Waals surface area contributed by atoms with Gasteiger partial charge in [0.2, 0.25) is 0 Å². The second-order valence-electron chi connectivity index (χ2n) is 5.98. The average molecular weight is 373 g/mol. The number of benzene rings is 2. The summed E-state index contributed by atoms with van der Waals surface area (Å²) in [6.07, 6.45) is 3.63. The van der Waals surface area contributed by atoms with E-state index in [1.165, 1.54) is 7.11 Å². The van der Waals surface area contributed by atoms with Gasteiger partial charge >= 0.3 is 6.61 Å². The Labute approximate surface area is 156 Å². The first-order valence-electron chi connectivity index (χ1n) is 8.45. The van der Waals surface area contributed by atoms with Gasteiger partial charge in [0.25, 0.3) is 0 Å². The van der Waals surface area contributed by atoms with Crippen molar-refractivity contribution in [2.24, 2.45) is 7.05 Å². The number of nitrogens with zero attached hydrogens (tertiary/aromatic N) is 2. The molecule has 0 fully saturated rings. The Balaban J connectivity index is 1.83. The smallest absolute Gasteiger partial charge is 0.387 e. The van der Waals surface area contributed by atoms with Crippen molar-refractivity contribution in [2.75, 3.05) is 7.11 Å². The summed E-state index contributed by atoms with van der Waals surface area (Å²) in [5.74, 6) is 1.14. The summed E-state index contributed by atoms with van der Waals surface area (Å²) in [5.41, 5.74) is 1.85. The van der Waals surface area contributed by atoms with Gasteiger partial charge < -0.3 is 14.0 Å². The molecule has 0 aliphatic carbocycles. The van der Waals surface area contributed by atoms with Crippen LogP contribution >= 0.6 is 0 Å². The van der Waals surface area contributed by atoms with Gasteiger partial charge in [-0.2, -0.15) is 8.78 Å². The SMILES string of the molecule is COc1ccc(CN[C@@H](c2ccccc2)c2nccn2C)cc1OC(F)F. The third-order valence-electron chi connectivity index (χ3n) is 4.20. The molecule has 0 saturated carbocycles. The van der Waals surface area contributed by atoms with Crippen molar-refractivity contribution >= 4 is 0 Å². The lowest BCUT2D eigenvalue weighted by atomic mass is 10.1. The van der Waals surface area contributed by atoms with Gasteiger partial charge in [-0.3, -0.25) is 5.32 Å². The normalized spacial score (nSPS) is 12.2. The third-order valence-corrected chi connectivity index (χ3v) is 4.20. The number of imidazole rings is 1. The maximum atomic E-state index is 12.6. The first kappa shape index (κ1) is 18.8. The van der Waals surface area contributed by atoms with Crippen LogP contribution in [-0.2, 0) is 13.6 Å². The van der Waals surface area contributed by atoms with E-state index in [4.69, 9.17) is 4.74 Å². The van der Waals surface area contributed by atoms with Crippen molar-refractivity contribution in [2.45, 2.75) is 19.2 Å². The molecule has 0 aliphatic rings. The Morgan fingerprint density at radius 3 is 2.52 bits per heavy atom. The number of rotatable bonds is 8. The highest BCUT2D eigenvalue weighted by Gasteiger charge is 2.18. The quantitative estimate of drug-likeness (QED) is 0.650. The lowest BCUT2D eigenvalue weighted by Crippen LogP contribution is -2.24. The fraction of sp³-hybridized carbons (Fsp3) is 0.250. The molecule has 1 aromatic heterocycles. The van der Waals surface area contributed by atoms with Crippen LogP contribution < -0.4 is 14.8 Å². The average Bonchev–Trinajstić information content (AvgIpc) is 3.08. The molecule has 1 atom stereocenters. The molecule has 0 saturated heterocycles. The van der Waals surface area contributed by atoms with E-state index in [0.29, 0.717) is 6.54 Å². The molecule has 142 valence electrons. The molecule has 0 unspecified atom stereocenters. The molecule has 0 amide bonds. The van der Waals surface area contributed by atoms with E-state index in [0.717, 1.165) is 17.0 Å². The van der Waals surface area contributed by atoms with E-state index in [9.17, 15) is 8.78 Å². The summed E-state index contributed by atoms with van der Waals surface area (Å²) >= 11 is 0. The topological polar surface area (TPSA) is 48.3 Å². The number of ether oxygens (including phenoxy) is 2. The lowest BCUT2D eigenvalue weighted by Gasteiger charge is -2.20. The zero-order valence-electron chi connectivity index (χ0n) is 15.1. The fourth-order valence-electron chi connectivity index (χ4n) is 2.90. The van der Waals surface area contributed by atoms with E-state index in [-0.39, 0.29) is 17.5 Å². The van der Waals surface area contributed by atoms with Crippen LogP contribution in [0.3, 0.4) is 0 Å². The van der Waals surface area contributed by atoms with E-state index in [1.54, 1.807) is 18.3 Å². The minimum atomic E-state index is -2.91. The van der Waals surface area contributed by atoms with Crippen molar-refractivity contribution in [1.82, 2.24) is 14.9 Å². The van der Waals surface area contributed by atoms with Gasteiger partial charge in [0, 0.05) is 26.0 Å². The van der Waals surface area contributed by atoms with Gasteiger partial charge in [0.05, 0.1) is 13.2 Å². The minimum Gasteiger partial charge on any atom is -0.493 e. The number of nitrogens with one attached hydrogen (secondary N) is 1. The maximum absolute atomic E-state index is 12.6. The van der Waals surface area contributed by atoms with Gasteiger partial charge in [-0.1, -0.05) is 36.4 Å². The van der Waals surface area contributed by atoms with Crippen molar-refractivity contribution in [1.29, 1.82) is 0 Å². The molecule has 1 N–H and O–H groups in total. The summed E-state index contributed by atoms with van der Waals surface area (Å²) < 4.78 is 36.8. The highest BCUT2D eigenvalue weighted by atomic mass is 19.3. The Hall–Kier alpha value is -2.93. The Kier molecular flexibility index (Phi) is 6.03. The first-order chi connectivity index (χ1) is 13.1. The molecule has 1 heterocycles. The number of aromatic nitrogens is 2. The largest absolute Gasteiger partial charge is 0.493 e. The summed E-state index contributed by atoms with van der Waals surface area (Å²) in [7, 11) is 3.35. The molecule has 7 heteroatoms. The van der Waals surface area contributed by atoms with Crippen LogP contribution in [0.25, 0.3) is 0 Å². The van der Waals surface area contributed by atoms with Crippen LogP contribution in [-0.4, -0.2) is 23.3 Å². The van der Waals surface area contributed by atoms with Gasteiger partial charge in [0.15, 0.2) is 11.5 Å². The summed E-state index contributed by atoms with van der Waals surface area (Å²) in [4.78, 5) is 4.45. The van der Waals surface area contributed by atoms with E-state index in [1.807, 2.05) is 54.2 Å². The van der Waals surface area contributed by atoms with Crippen molar-refractivity contribution < 1.29 is 18.3 Å². The van der Waals surface area contributed by atoms with Gasteiger partial charge in [0.1, 0.15) is 5.82 Å². The lowest BCUT2D eigenvalue weighted by molar-refractivity contribution is -0.0512. The van der Waals surface area contributed by atoms with Crippen LogP contribution in [0.1, 0.15) is 23.0 Å². The molecule has 0 bridgehead atoms. The van der Waals surface area contributed by atoms with Gasteiger partial charge in [-0.15, -0.1) is 0 Å². The molecule has 0 spiro atoms. The summed E-state index contributed by atoms with van der Waals surface area (Å²) in [6.45, 7) is -2.47. The van der Waals surface area contributed by atoms with E-state index >= 15 is 0 Å². The summed E-state index contributed by atoms with van der Waals surface area (Å²) in [5, 5.41) is 3.45. The van der Waals surface area contributed by atoms with Crippen molar-refractivity contribution in [3.05, 3.63) is 77.9 Å².